The van der Waals surface area contributed by atoms with Crippen LogP contribution < -0.4 is 4.57 Å². The minimum Gasteiger partial charge on any atom is -0.222 e. The highest BCUT2D eigenvalue weighted by Gasteiger charge is 2.42. The second kappa shape index (κ2) is 6.12. The van der Waals surface area contributed by atoms with Crippen molar-refractivity contribution in [2.24, 2.45) is 5.92 Å². The molecule has 1 unspecified atom stereocenters. The van der Waals surface area contributed by atoms with Gasteiger partial charge in [0.15, 0.2) is 12.8 Å². The molecule has 0 bridgehead atoms. The number of aromatic nitrogens is 2. The third kappa shape index (κ3) is 2.28. The number of hydrogen-bond acceptors (Lipinski definition) is 0. The Morgan fingerprint density at radius 3 is 2.54 bits per heavy atom. The Hall–Kier alpha value is -2.35. The molecule has 0 amide bonds. The van der Waals surface area contributed by atoms with Crippen molar-refractivity contribution in [3.05, 3.63) is 71.7 Å². The average molecular weight is 346 g/mol. The van der Waals surface area contributed by atoms with Gasteiger partial charge in [-0.1, -0.05) is 61.7 Å². The van der Waals surface area contributed by atoms with E-state index in [1.807, 2.05) is 27.3 Å². The molecule has 26 heavy (non-hydrogen) atoms. The molecular weight excluding hydrogens is 316 g/mol. The Kier molecular flexibility index (Phi) is 3.25. The smallest absolute Gasteiger partial charge is 0.222 e. The molecule has 1 aromatic heterocycles. The summed E-state index contributed by atoms with van der Waals surface area (Å²) in [7, 11) is 0. The Labute approximate surface area is 158 Å². The Balaban J connectivity index is 1.81. The number of hydrogen-bond donors (Lipinski definition) is 0. The summed E-state index contributed by atoms with van der Waals surface area (Å²) >= 11 is 0. The number of benzene rings is 2. The van der Waals surface area contributed by atoms with E-state index < -0.39 is 6.02 Å². The Morgan fingerprint density at radius 1 is 1.00 bits per heavy atom. The summed E-state index contributed by atoms with van der Waals surface area (Å²) in [5, 5.41) is 0. The van der Waals surface area contributed by atoms with Gasteiger partial charge < -0.3 is 0 Å². The van der Waals surface area contributed by atoms with Crippen LogP contribution in [0.5, 0.6) is 0 Å². The highest BCUT2D eigenvalue weighted by Crippen LogP contribution is 2.47. The third-order valence-electron chi connectivity index (χ3n) is 6.15. The lowest BCUT2D eigenvalue weighted by molar-refractivity contribution is -0.602. The quantitative estimate of drug-likeness (QED) is 0.540. The van der Waals surface area contributed by atoms with Gasteiger partial charge in [-0.05, 0) is 31.4 Å². The van der Waals surface area contributed by atoms with Crippen molar-refractivity contribution < 1.29 is 7.31 Å². The summed E-state index contributed by atoms with van der Waals surface area (Å²) in [5.41, 5.74) is 6.48. The first kappa shape index (κ1) is 13.8. The van der Waals surface area contributed by atoms with Crippen LogP contribution in [0.3, 0.4) is 0 Å². The van der Waals surface area contributed by atoms with E-state index in [2.05, 4.69) is 44.2 Å². The van der Waals surface area contributed by atoms with Gasteiger partial charge in [0.25, 0.3) is 0 Å². The zero-order chi connectivity index (χ0) is 19.5. The maximum Gasteiger partial charge on any atom is 0.250 e. The standard InChI is InChI=1S/C24H27N2/c1-17-10-6-9-15-22(17)25-16-26-23(18(25)2)20-13-7-8-14-21(20)24(26)19-11-4-3-5-12-19/h6-10,13-16,19,24H,3-5,11-12H2,1-2H3/q+1/i16D,24D. The van der Waals surface area contributed by atoms with E-state index in [9.17, 15) is 1.37 Å². The summed E-state index contributed by atoms with van der Waals surface area (Å²) in [6, 6.07) is 15.7. The van der Waals surface area contributed by atoms with Gasteiger partial charge in [0.05, 0.1) is 1.37 Å². The lowest BCUT2D eigenvalue weighted by Gasteiger charge is -2.26. The van der Waals surface area contributed by atoms with Crippen LogP contribution in [0.4, 0.5) is 0 Å². The Bertz CT molecular complexity index is 1060. The van der Waals surface area contributed by atoms with Crippen LogP contribution >= 0.6 is 0 Å². The van der Waals surface area contributed by atoms with Crippen molar-refractivity contribution in [2.75, 3.05) is 0 Å². The first-order valence-electron chi connectivity index (χ1n) is 10.9. The number of fused-ring (bicyclic) bond motifs is 3. The van der Waals surface area contributed by atoms with Gasteiger partial charge >= 0.3 is 0 Å². The van der Waals surface area contributed by atoms with Crippen LogP contribution in [0, 0.1) is 19.8 Å². The molecule has 2 nitrogen and oxygen atoms in total. The Morgan fingerprint density at radius 2 is 1.73 bits per heavy atom. The van der Waals surface area contributed by atoms with E-state index in [0.29, 0.717) is 6.30 Å². The molecule has 1 atom stereocenters. The maximum absolute atomic E-state index is 9.74. The van der Waals surface area contributed by atoms with Crippen LogP contribution in [0.25, 0.3) is 16.9 Å². The first-order chi connectivity index (χ1) is 13.5. The van der Waals surface area contributed by atoms with E-state index in [1.54, 1.807) is 0 Å². The summed E-state index contributed by atoms with van der Waals surface area (Å²) in [5.74, 6) is 0.255. The van der Waals surface area contributed by atoms with Gasteiger partial charge in [0.2, 0.25) is 6.30 Å². The van der Waals surface area contributed by atoms with Gasteiger partial charge in [0, 0.05) is 24.0 Å². The minimum absolute atomic E-state index is 0.255. The van der Waals surface area contributed by atoms with Crippen molar-refractivity contribution >= 4 is 0 Å². The molecular formula is C24H27N2+. The molecule has 0 spiro atoms. The van der Waals surface area contributed by atoms with Crippen LogP contribution in [-0.4, -0.2) is 4.57 Å². The number of rotatable bonds is 2. The zero-order valence-corrected chi connectivity index (χ0v) is 15.6. The largest absolute Gasteiger partial charge is 0.250 e. The highest BCUT2D eigenvalue weighted by atomic mass is 15.2. The summed E-state index contributed by atoms with van der Waals surface area (Å²) in [4.78, 5) is 0. The van der Waals surface area contributed by atoms with E-state index in [0.717, 1.165) is 46.6 Å². The number of para-hydroxylation sites is 1. The number of aryl methyl sites for hydroxylation is 1. The van der Waals surface area contributed by atoms with E-state index in [1.165, 1.54) is 19.3 Å². The zero-order valence-electron chi connectivity index (χ0n) is 17.6. The van der Waals surface area contributed by atoms with E-state index >= 15 is 0 Å². The topological polar surface area (TPSA) is 8.81 Å². The molecule has 0 saturated heterocycles. The molecule has 1 saturated carbocycles. The maximum atomic E-state index is 9.74. The van der Waals surface area contributed by atoms with Crippen molar-refractivity contribution in [3.63, 3.8) is 0 Å². The fourth-order valence-corrected chi connectivity index (χ4v) is 4.84. The molecule has 5 rings (SSSR count). The molecule has 2 heterocycles. The molecule has 0 N–H and O–H groups in total. The van der Waals surface area contributed by atoms with Crippen LogP contribution in [0.1, 0.15) is 57.7 Å². The molecule has 1 fully saturated rings. The normalized spacial score (nSPS) is 23.3. The number of imidazole rings is 1. The van der Waals surface area contributed by atoms with Crippen molar-refractivity contribution in [3.8, 4) is 16.9 Å². The van der Waals surface area contributed by atoms with Crippen LogP contribution in [0.15, 0.2) is 54.8 Å². The van der Waals surface area contributed by atoms with Gasteiger partial charge in [-0.25, -0.2) is 4.57 Å². The van der Waals surface area contributed by atoms with E-state index in [-0.39, 0.29) is 5.92 Å². The summed E-state index contributed by atoms with van der Waals surface area (Å²) in [6.45, 7) is 4.19. The van der Waals surface area contributed by atoms with Crippen molar-refractivity contribution in [1.29, 1.82) is 0 Å². The molecule has 132 valence electrons. The molecule has 2 heteroatoms. The van der Waals surface area contributed by atoms with Crippen molar-refractivity contribution in [1.82, 2.24) is 4.57 Å². The minimum atomic E-state index is -0.887. The molecule has 3 aromatic rings. The van der Waals surface area contributed by atoms with Gasteiger partial charge in [0.1, 0.15) is 11.7 Å². The van der Waals surface area contributed by atoms with Gasteiger partial charge in [-0.15, -0.1) is 0 Å². The molecule has 1 aliphatic carbocycles. The molecule has 0 radical (unpaired) electrons. The summed E-state index contributed by atoms with van der Waals surface area (Å²) < 4.78 is 22.9. The second-order valence-electron chi connectivity index (χ2n) is 7.76. The molecule has 2 aliphatic rings. The lowest BCUT2D eigenvalue weighted by atomic mass is 9.81. The first-order valence-corrected chi connectivity index (χ1v) is 9.85. The predicted molar refractivity (Wildman–Crippen MR) is 106 cm³/mol. The van der Waals surface area contributed by atoms with Gasteiger partial charge in [-0.3, -0.25) is 0 Å². The fourth-order valence-electron chi connectivity index (χ4n) is 4.84. The SMILES string of the molecule is [2H]c1n2c(c(C)[n+]1-c1ccccc1C)-c1ccccc1C2([2H])C1CCCCC1. The van der Waals surface area contributed by atoms with E-state index in [4.69, 9.17) is 1.37 Å². The molecule has 2 aromatic carbocycles. The lowest BCUT2D eigenvalue weighted by Crippen LogP contribution is -2.33. The van der Waals surface area contributed by atoms with Crippen LogP contribution in [-0.2, 0) is 0 Å². The fraction of sp³-hybridized carbons (Fsp3) is 0.375. The second-order valence-corrected chi connectivity index (χ2v) is 7.76. The van der Waals surface area contributed by atoms with Gasteiger partial charge in [-0.2, -0.15) is 4.57 Å². The number of nitrogens with zero attached hydrogens (tertiary/aromatic N) is 2. The summed E-state index contributed by atoms with van der Waals surface area (Å²) in [6.07, 6.45) is 6.19. The highest BCUT2D eigenvalue weighted by molar-refractivity contribution is 5.71. The third-order valence-corrected chi connectivity index (χ3v) is 6.15. The van der Waals surface area contributed by atoms with Crippen LogP contribution in [0.2, 0.25) is 0 Å². The predicted octanol–water partition coefficient (Wildman–Crippen LogP) is 5.53. The monoisotopic (exact) mass is 345 g/mol. The van der Waals surface area contributed by atoms with Crippen molar-refractivity contribution in [2.45, 2.75) is 52.0 Å². The average Bonchev–Trinajstić information content (AvgIpc) is 3.15. The molecule has 1 aliphatic heterocycles.